The van der Waals surface area contributed by atoms with E-state index in [0.717, 1.165) is 22.6 Å². The lowest BCUT2D eigenvalue weighted by Gasteiger charge is -2.17. The van der Waals surface area contributed by atoms with E-state index >= 15 is 0 Å². The number of likely N-dealkylation sites (tertiary alicyclic amines) is 1. The van der Waals surface area contributed by atoms with Gasteiger partial charge in [-0.3, -0.25) is 9.88 Å². The van der Waals surface area contributed by atoms with E-state index in [1.54, 1.807) is 13.3 Å². The Bertz CT molecular complexity index is 426. The summed E-state index contributed by atoms with van der Waals surface area (Å²) in [6, 6.07) is 0. The number of methoxy groups -OCH3 is 1. The van der Waals surface area contributed by atoms with Gasteiger partial charge in [0.05, 0.1) is 25.0 Å². The minimum absolute atomic E-state index is 0.485. The largest absolute Gasteiger partial charge is 0.496 e. The zero-order valence-corrected chi connectivity index (χ0v) is 11.1. The number of hydrogen-bond acceptors (Lipinski definition) is 5. The lowest BCUT2D eigenvalue weighted by atomic mass is 10.1. The lowest BCUT2D eigenvalue weighted by molar-refractivity contribution is 0.0572. The first-order chi connectivity index (χ1) is 8.52. The highest BCUT2D eigenvalue weighted by atomic mass is 16.5. The van der Waals surface area contributed by atoms with Gasteiger partial charge in [0.25, 0.3) is 0 Å². The van der Waals surface area contributed by atoms with Crippen LogP contribution in [0.3, 0.4) is 0 Å². The minimum Gasteiger partial charge on any atom is -0.496 e. The van der Waals surface area contributed by atoms with Crippen LogP contribution in [-0.2, 0) is 6.54 Å². The van der Waals surface area contributed by atoms with Gasteiger partial charge in [0.1, 0.15) is 5.75 Å². The SMILES string of the molecule is COc1c(C)cnc(CN2CC(O)C(O)C2)c1C. The number of aliphatic hydroxyl groups is 2. The molecule has 0 spiro atoms. The van der Waals surface area contributed by atoms with Crippen molar-refractivity contribution < 1.29 is 14.9 Å². The molecule has 0 amide bonds. The van der Waals surface area contributed by atoms with Gasteiger partial charge >= 0.3 is 0 Å². The first-order valence-corrected chi connectivity index (χ1v) is 6.10. The van der Waals surface area contributed by atoms with Crippen molar-refractivity contribution in [1.29, 1.82) is 0 Å². The Morgan fingerprint density at radius 1 is 1.33 bits per heavy atom. The predicted molar refractivity (Wildman–Crippen MR) is 67.6 cm³/mol. The molecule has 1 aromatic rings. The third kappa shape index (κ3) is 2.48. The fourth-order valence-corrected chi connectivity index (χ4v) is 2.42. The molecule has 100 valence electrons. The van der Waals surface area contributed by atoms with E-state index in [9.17, 15) is 10.2 Å². The van der Waals surface area contributed by atoms with Crippen molar-refractivity contribution in [1.82, 2.24) is 9.88 Å². The zero-order valence-electron chi connectivity index (χ0n) is 11.1. The van der Waals surface area contributed by atoms with Crippen LogP contribution in [0.15, 0.2) is 6.20 Å². The fourth-order valence-electron chi connectivity index (χ4n) is 2.42. The second-order valence-electron chi connectivity index (χ2n) is 4.87. The van der Waals surface area contributed by atoms with Crippen molar-refractivity contribution >= 4 is 0 Å². The zero-order chi connectivity index (χ0) is 13.3. The smallest absolute Gasteiger partial charge is 0.128 e. The van der Waals surface area contributed by atoms with Gasteiger partial charge in [-0.25, -0.2) is 0 Å². The summed E-state index contributed by atoms with van der Waals surface area (Å²) < 4.78 is 5.37. The van der Waals surface area contributed by atoms with Crippen molar-refractivity contribution in [2.45, 2.75) is 32.6 Å². The normalized spacial score (nSPS) is 24.5. The Morgan fingerprint density at radius 3 is 2.50 bits per heavy atom. The molecule has 1 aromatic heterocycles. The van der Waals surface area contributed by atoms with Crippen LogP contribution >= 0.6 is 0 Å². The van der Waals surface area contributed by atoms with Gasteiger partial charge in [-0.1, -0.05) is 0 Å². The number of aryl methyl sites for hydroxylation is 1. The van der Waals surface area contributed by atoms with Gasteiger partial charge in [-0.15, -0.1) is 0 Å². The van der Waals surface area contributed by atoms with E-state index in [0.29, 0.717) is 19.6 Å². The van der Waals surface area contributed by atoms with Gasteiger partial charge in [-0.2, -0.15) is 0 Å². The molecule has 1 aliphatic heterocycles. The summed E-state index contributed by atoms with van der Waals surface area (Å²) >= 11 is 0. The minimum atomic E-state index is -0.655. The molecule has 2 atom stereocenters. The lowest BCUT2D eigenvalue weighted by Crippen LogP contribution is -2.22. The summed E-state index contributed by atoms with van der Waals surface area (Å²) in [4.78, 5) is 6.41. The Hall–Kier alpha value is -1.17. The van der Waals surface area contributed by atoms with Gasteiger partial charge in [0.2, 0.25) is 0 Å². The number of aliphatic hydroxyl groups excluding tert-OH is 2. The molecule has 2 rings (SSSR count). The maximum Gasteiger partial charge on any atom is 0.128 e. The van der Waals surface area contributed by atoms with Gasteiger partial charge in [-0.05, 0) is 13.8 Å². The topological polar surface area (TPSA) is 65.8 Å². The van der Waals surface area contributed by atoms with Crippen molar-refractivity contribution in [3.63, 3.8) is 0 Å². The number of aromatic nitrogens is 1. The molecular formula is C13H20N2O3. The van der Waals surface area contributed by atoms with Crippen molar-refractivity contribution in [3.05, 3.63) is 23.0 Å². The Morgan fingerprint density at radius 2 is 1.94 bits per heavy atom. The summed E-state index contributed by atoms with van der Waals surface area (Å²) in [5.41, 5.74) is 2.97. The molecule has 0 aromatic carbocycles. The highest BCUT2D eigenvalue weighted by molar-refractivity contribution is 5.41. The Kier molecular flexibility index (Phi) is 3.85. The maximum absolute atomic E-state index is 9.52. The first-order valence-electron chi connectivity index (χ1n) is 6.10. The molecule has 1 aliphatic rings. The Labute approximate surface area is 107 Å². The van der Waals surface area contributed by atoms with Crippen LogP contribution in [0.25, 0.3) is 0 Å². The molecule has 0 radical (unpaired) electrons. The van der Waals surface area contributed by atoms with Crippen molar-refractivity contribution in [3.8, 4) is 5.75 Å². The molecule has 2 N–H and O–H groups in total. The molecule has 1 fully saturated rings. The molecule has 0 saturated carbocycles. The van der Waals surface area contributed by atoms with Crippen LogP contribution in [0.4, 0.5) is 0 Å². The molecule has 5 nitrogen and oxygen atoms in total. The third-order valence-electron chi connectivity index (χ3n) is 3.46. The number of ether oxygens (including phenoxy) is 1. The van der Waals surface area contributed by atoms with Crippen LogP contribution in [0.1, 0.15) is 16.8 Å². The average Bonchev–Trinajstić information content (AvgIpc) is 2.63. The average molecular weight is 252 g/mol. The van der Waals surface area contributed by atoms with Crippen LogP contribution < -0.4 is 4.74 Å². The van der Waals surface area contributed by atoms with E-state index in [4.69, 9.17) is 4.74 Å². The fraction of sp³-hybridized carbons (Fsp3) is 0.615. The molecule has 0 aliphatic carbocycles. The quantitative estimate of drug-likeness (QED) is 0.807. The van der Waals surface area contributed by atoms with Crippen LogP contribution in [0, 0.1) is 13.8 Å². The molecule has 18 heavy (non-hydrogen) atoms. The number of nitrogens with zero attached hydrogens (tertiary/aromatic N) is 2. The van der Waals surface area contributed by atoms with E-state index in [2.05, 4.69) is 4.98 Å². The molecule has 1 saturated heterocycles. The summed E-state index contributed by atoms with van der Waals surface area (Å²) in [6.07, 6.45) is 0.486. The van der Waals surface area contributed by atoms with Crippen molar-refractivity contribution in [2.24, 2.45) is 0 Å². The van der Waals surface area contributed by atoms with E-state index in [-0.39, 0.29) is 0 Å². The van der Waals surface area contributed by atoms with Crippen LogP contribution in [-0.4, -0.2) is 52.5 Å². The third-order valence-corrected chi connectivity index (χ3v) is 3.46. The molecule has 5 heteroatoms. The highest BCUT2D eigenvalue weighted by Crippen LogP contribution is 2.25. The van der Waals surface area contributed by atoms with Crippen LogP contribution in [0.5, 0.6) is 5.75 Å². The maximum atomic E-state index is 9.52. The summed E-state index contributed by atoms with van der Waals surface area (Å²) in [5.74, 6) is 0.861. The molecule has 0 bridgehead atoms. The predicted octanol–water partition coefficient (Wildman–Crippen LogP) is 0.244. The monoisotopic (exact) mass is 252 g/mol. The summed E-state index contributed by atoms with van der Waals surface area (Å²) in [5, 5.41) is 19.0. The van der Waals surface area contributed by atoms with Crippen molar-refractivity contribution in [2.75, 3.05) is 20.2 Å². The number of β-amino-alcohol motifs (C(OH)–C–C–N with tert-alkyl or cyclic N) is 2. The second kappa shape index (κ2) is 5.22. The first kappa shape index (κ1) is 13.3. The van der Waals surface area contributed by atoms with E-state index in [1.807, 2.05) is 18.7 Å². The number of hydrogen-bond donors (Lipinski definition) is 2. The molecule has 2 unspecified atom stereocenters. The summed E-state index contributed by atoms with van der Waals surface area (Å²) in [7, 11) is 1.66. The van der Waals surface area contributed by atoms with E-state index < -0.39 is 12.2 Å². The second-order valence-corrected chi connectivity index (χ2v) is 4.87. The standard InChI is InChI=1S/C13H20N2O3/c1-8-4-14-10(9(2)13(8)18-3)5-15-6-11(16)12(17)7-15/h4,11-12,16-17H,5-7H2,1-3H3. The number of pyridine rings is 1. The van der Waals surface area contributed by atoms with Gasteiger partial charge in [0, 0.05) is 37.0 Å². The van der Waals surface area contributed by atoms with Gasteiger partial charge < -0.3 is 14.9 Å². The summed E-state index contributed by atoms with van der Waals surface area (Å²) in [6.45, 7) is 5.54. The van der Waals surface area contributed by atoms with E-state index in [1.165, 1.54) is 0 Å². The van der Waals surface area contributed by atoms with Crippen LogP contribution in [0.2, 0.25) is 0 Å². The van der Waals surface area contributed by atoms with Gasteiger partial charge in [0.15, 0.2) is 0 Å². The molecular weight excluding hydrogens is 232 g/mol. The molecule has 2 heterocycles. The Balaban J connectivity index is 2.15. The number of rotatable bonds is 3. The highest BCUT2D eigenvalue weighted by Gasteiger charge is 2.30.